The monoisotopic (exact) mass is 420 g/mol. The van der Waals surface area contributed by atoms with E-state index >= 15 is 0 Å². The van der Waals surface area contributed by atoms with Crippen LogP contribution in [-0.2, 0) is 6.54 Å². The number of aromatic amines is 1. The van der Waals surface area contributed by atoms with Crippen LogP contribution < -0.4 is 15.6 Å². The molecule has 0 atom stereocenters. The summed E-state index contributed by atoms with van der Waals surface area (Å²) in [5.41, 5.74) is 3.64. The zero-order valence-electron chi connectivity index (χ0n) is 14.8. The van der Waals surface area contributed by atoms with Crippen LogP contribution in [0.25, 0.3) is 32.1 Å². The topological polar surface area (TPSA) is 54.1 Å². The highest BCUT2D eigenvalue weighted by atomic mass is 35.5. The molecule has 0 saturated heterocycles. The van der Waals surface area contributed by atoms with Crippen LogP contribution in [0, 0.1) is 0 Å². The van der Waals surface area contributed by atoms with Gasteiger partial charge in [-0.1, -0.05) is 23.7 Å². The lowest BCUT2D eigenvalue weighted by atomic mass is 9.96. The van der Waals surface area contributed by atoms with E-state index in [1.807, 2.05) is 48.8 Å². The van der Waals surface area contributed by atoms with Gasteiger partial charge in [0, 0.05) is 33.4 Å². The molecule has 0 amide bonds. The van der Waals surface area contributed by atoms with Crippen LogP contribution in [0.15, 0.2) is 46.6 Å². The molecule has 0 saturated carbocycles. The van der Waals surface area contributed by atoms with E-state index in [9.17, 15) is 4.79 Å². The first-order chi connectivity index (χ1) is 12.6. The molecule has 0 radical (unpaired) electrons. The number of H-pyrrole nitrogens is 1. The maximum Gasteiger partial charge on any atom is 0.266 e. The number of fused-ring (bicyclic) bond motifs is 3. The Labute approximate surface area is 171 Å². The van der Waals surface area contributed by atoms with Gasteiger partial charge >= 0.3 is 0 Å². The van der Waals surface area contributed by atoms with E-state index in [2.05, 4.69) is 10.3 Å². The average molecular weight is 421 g/mol. The number of halogens is 2. The van der Waals surface area contributed by atoms with Crippen molar-refractivity contribution in [2.24, 2.45) is 0 Å². The summed E-state index contributed by atoms with van der Waals surface area (Å²) in [6.45, 7) is 0.702. The summed E-state index contributed by atoms with van der Waals surface area (Å²) in [4.78, 5) is 15.3. The summed E-state index contributed by atoms with van der Waals surface area (Å²) in [7, 11) is 3.54. The molecule has 4 aromatic rings. The highest BCUT2D eigenvalue weighted by Gasteiger charge is 2.17. The highest BCUT2D eigenvalue weighted by molar-refractivity contribution is 7.17. The average Bonchev–Trinajstić information content (AvgIpc) is 3.13. The van der Waals surface area contributed by atoms with Crippen LogP contribution >= 0.6 is 35.3 Å². The second-order valence-electron chi connectivity index (χ2n) is 6.02. The number of ether oxygens (including phenoxy) is 1. The Morgan fingerprint density at radius 3 is 2.74 bits per heavy atom. The second kappa shape index (κ2) is 7.90. The number of benzene rings is 2. The third kappa shape index (κ3) is 3.32. The number of methoxy groups -OCH3 is 1. The molecule has 27 heavy (non-hydrogen) atoms. The van der Waals surface area contributed by atoms with Gasteiger partial charge in [0.25, 0.3) is 5.56 Å². The molecule has 7 heteroatoms. The minimum atomic E-state index is -0.0685. The van der Waals surface area contributed by atoms with E-state index in [0.717, 1.165) is 38.7 Å². The smallest absolute Gasteiger partial charge is 0.266 e. The molecule has 0 fully saturated rings. The van der Waals surface area contributed by atoms with Crippen molar-refractivity contribution in [1.29, 1.82) is 0 Å². The van der Waals surface area contributed by atoms with Crippen LogP contribution in [0.4, 0.5) is 0 Å². The fourth-order valence-electron chi connectivity index (χ4n) is 3.32. The van der Waals surface area contributed by atoms with E-state index in [-0.39, 0.29) is 18.0 Å². The lowest BCUT2D eigenvalue weighted by Crippen LogP contribution is -2.06. The van der Waals surface area contributed by atoms with Crippen molar-refractivity contribution >= 4 is 56.3 Å². The quantitative estimate of drug-likeness (QED) is 0.476. The molecule has 140 valence electrons. The Kier molecular flexibility index (Phi) is 5.77. The Morgan fingerprint density at radius 1 is 1.22 bits per heavy atom. The summed E-state index contributed by atoms with van der Waals surface area (Å²) < 4.78 is 6.35. The fraction of sp³-hybridized carbons (Fsp3) is 0.150. The number of nitrogens with one attached hydrogen (secondary N) is 2. The molecular weight excluding hydrogens is 403 g/mol. The van der Waals surface area contributed by atoms with Crippen LogP contribution in [0.1, 0.15) is 5.56 Å². The van der Waals surface area contributed by atoms with Gasteiger partial charge in [-0.15, -0.1) is 23.7 Å². The van der Waals surface area contributed by atoms with E-state index in [4.69, 9.17) is 16.3 Å². The minimum Gasteiger partial charge on any atom is -0.496 e. The molecule has 0 unspecified atom stereocenters. The van der Waals surface area contributed by atoms with Crippen LogP contribution in [0.2, 0.25) is 5.02 Å². The number of hydrogen-bond donors (Lipinski definition) is 2. The number of pyridine rings is 1. The number of aromatic nitrogens is 1. The van der Waals surface area contributed by atoms with Gasteiger partial charge in [-0.2, -0.15) is 0 Å². The first-order valence-electron chi connectivity index (χ1n) is 8.17. The maximum absolute atomic E-state index is 12.3. The van der Waals surface area contributed by atoms with Crippen molar-refractivity contribution in [3.63, 3.8) is 0 Å². The number of hydrogen-bond acceptors (Lipinski definition) is 4. The highest BCUT2D eigenvalue weighted by Crippen LogP contribution is 2.41. The minimum absolute atomic E-state index is 0. The molecule has 0 spiro atoms. The Morgan fingerprint density at radius 2 is 2.04 bits per heavy atom. The summed E-state index contributed by atoms with van der Waals surface area (Å²) in [6, 6.07) is 11.8. The fourth-order valence-corrected chi connectivity index (χ4v) is 4.36. The van der Waals surface area contributed by atoms with Crippen molar-refractivity contribution in [1.82, 2.24) is 10.3 Å². The zero-order valence-corrected chi connectivity index (χ0v) is 17.1. The van der Waals surface area contributed by atoms with Crippen molar-refractivity contribution in [2.45, 2.75) is 6.54 Å². The van der Waals surface area contributed by atoms with Gasteiger partial charge in [-0.3, -0.25) is 4.79 Å². The van der Waals surface area contributed by atoms with E-state index < -0.39 is 0 Å². The SMILES string of the molecule is CNCc1ccc(-c2c(OC)ccc3[nH]c(=O)c4sccc4c23)cc1Cl.Cl. The normalized spacial score (nSPS) is 10.9. The van der Waals surface area contributed by atoms with Crippen LogP contribution in [0.5, 0.6) is 5.75 Å². The molecule has 4 nitrogen and oxygen atoms in total. The molecule has 2 N–H and O–H groups in total. The third-order valence-electron chi connectivity index (χ3n) is 4.48. The van der Waals surface area contributed by atoms with Crippen molar-refractivity contribution < 1.29 is 4.74 Å². The molecule has 4 rings (SSSR count). The van der Waals surface area contributed by atoms with Crippen molar-refractivity contribution in [3.05, 3.63) is 62.7 Å². The van der Waals surface area contributed by atoms with Gasteiger partial charge < -0.3 is 15.0 Å². The maximum atomic E-state index is 12.3. The molecule has 0 aliphatic rings. The van der Waals surface area contributed by atoms with E-state index in [1.165, 1.54) is 11.3 Å². The molecule has 2 heterocycles. The molecule has 0 aliphatic heterocycles. The van der Waals surface area contributed by atoms with Crippen LogP contribution in [-0.4, -0.2) is 19.1 Å². The summed E-state index contributed by atoms with van der Waals surface area (Å²) in [6.07, 6.45) is 0. The molecule has 2 aromatic carbocycles. The standard InChI is InChI=1S/C20H17ClN2O2S.ClH/c1-22-10-12-4-3-11(9-14(12)21)17-16(25-2)6-5-15-18(17)13-7-8-26-19(13)20(24)23-15;/h3-9,22H,10H2,1-2H3,(H,23,24);1H. The Hall–Kier alpha value is -2.05. The lowest BCUT2D eigenvalue weighted by Gasteiger charge is -2.14. The largest absolute Gasteiger partial charge is 0.496 e. The van der Waals surface area contributed by atoms with Crippen LogP contribution in [0.3, 0.4) is 0 Å². The van der Waals surface area contributed by atoms with Gasteiger partial charge in [0.1, 0.15) is 10.4 Å². The van der Waals surface area contributed by atoms with Gasteiger partial charge in [-0.05, 0) is 47.8 Å². The molecule has 0 bridgehead atoms. The van der Waals surface area contributed by atoms with Gasteiger partial charge in [0.2, 0.25) is 0 Å². The third-order valence-corrected chi connectivity index (χ3v) is 5.75. The second-order valence-corrected chi connectivity index (χ2v) is 7.34. The lowest BCUT2D eigenvalue weighted by molar-refractivity contribution is 0.417. The molecule has 0 aliphatic carbocycles. The Bertz CT molecular complexity index is 1180. The molecule has 2 aromatic heterocycles. The van der Waals surface area contributed by atoms with Gasteiger partial charge in [0.15, 0.2) is 0 Å². The van der Waals surface area contributed by atoms with Crippen molar-refractivity contribution in [2.75, 3.05) is 14.2 Å². The van der Waals surface area contributed by atoms with Gasteiger partial charge in [-0.25, -0.2) is 0 Å². The van der Waals surface area contributed by atoms with E-state index in [0.29, 0.717) is 16.3 Å². The van der Waals surface area contributed by atoms with Gasteiger partial charge in [0.05, 0.1) is 7.11 Å². The number of rotatable bonds is 4. The predicted molar refractivity (Wildman–Crippen MR) is 117 cm³/mol. The first-order valence-corrected chi connectivity index (χ1v) is 9.43. The molecular formula is C20H18Cl2N2O2S. The zero-order chi connectivity index (χ0) is 18.3. The predicted octanol–water partition coefficient (Wildman–Crippen LogP) is 5.21. The number of thiophene rings is 1. The summed E-state index contributed by atoms with van der Waals surface area (Å²) in [5.74, 6) is 0.745. The van der Waals surface area contributed by atoms with Crippen molar-refractivity contribution in [3.8, 4) is 16.9 Å². The first kappa shape index (κ1) is 19.7. The summed E-state index contributed by atoms with van der Waals surface area (Å²) >= 11 is 7.93. The van der Waals surface area contributed by atoms with E-state index in [1.54, 1.807) is 7.11 Å². The summed E-state index contributed by atoms with van der Waals surface area (Å²) in [5, 5.41) is 7.65. The Balaban J connectivity index is 0.00000210.